The number of hydrogen-bond acceptors (Lipinski definition) is 3. The first-order valence-corrected chi connectivity index (χ1v) is 9.29. The minimum absolute atomic E-state index is 0.00806. The molecule has 3 nitrogen and oxygen atoms in total. The minimum Gasteiger partial charge on any atom is -0.464 e. The minimum atomic E-state index is -0.419. The summed E-state index contributed by atoms with van der Waals surface area (Å²) in [5.74, 6) is 0.610. The van der Waals surface area contributed by atoms with E-state index in [1.807, 2.05) is 13.8 Å². The van der Waals surface area contributed by atoms with Gasteiger partial charge >= 0.3 is 5.97 Å². The molecule has 0 spiro atoms. The maximum atomic E-state index is 12.2. The van der Waals surface area contributed by atoms with Gasteiger partial charge in [-0.15, -0.1) is 0 Å². The van der Waals surface area contributed by atoms with E-state index in [4.69, 9.17) is 4.74 Å². The Hall–Kier alpha value is 0.160. The molecule has 0 amide bonds. The number of carbonyl (C=O) groups excluding carboxylic acids is 1. The van der Waals surface area contributed by atoms with Gasteiger partial charge in [-0.3, -0.25) is 4.79 Å². The summed E-state index contributed by atoms with van der Waals surface area (Å²) in [5.41, 5.74) is 0.114. The lowest BCUT2D eigenvalue weighted by atomic mass is 9.54. The van der Waals surface area contributed by atoms with Crippen LogP contribution in [0.4, 0.5) is 0 Å². The zero-order valence-corrected chi connectivity index (χ0v) is 15.7. The lowest BCUT2D eigenvalue weighted by Gasteiger charge is -2.52. The molecule has 0 aromatic rings. The summed E-state index contributed by atoms with van der Waals surface area (Å²) in [6, 6.07) is 0. The van der Waals surface area contributed by atoms with Gasteiger partial charge in [0, 0.05) is 12.0 Å². The Morgan fingerprint density at radius 1 is 1.48 bits per heavy atom. The zero-order chi connectivity index (χ0) is 15.7. The number of hydrogen-bond donors (Lipinski definition) is 1. The predicted molar refractivity (Wildman–Crippen MR) is 92.5 cm³/mol. The number of carbonyl (C=O) groups is 1. The van der Waals surface area contributed by atoms with Crippen LogP contribution in [-0.4, -0.2) is 27.7 Å². The van der Waals surface area contributed by atoms with Crippen molar-refractivity contribution >= 4 is 28.6 Å². The van der Waals surface area contributed by atoms with Crippen molar-refractivity contribution in [2.24, 2.45) is 16.7 Å². The van der Waals surface area contributed by atoms with Crippen molar-refractivity contribution in [1.82, 2.24) is 0 Å². The van der Waals surface area contributed by atoms with Gasteiger partial charge in [0.2, 0.25) is 0 Å². The molecule has 2 bridgehead atoms. The van der Waals surface area contributed by atoms with Crippen LogP contribution in [0.2, 0.25) is 0 Å². The summed E-state index contributed by atoms with van der Waals surface area (Å²) >= 11 is 2.19. The molecule has 1 N–H and O–H groups in total. The highest BCUT2D eigenvalue weighted by Gasteiger charge is 2.48. The fourth-order valence-electron chi connectivity index (χ4n) is 4.41. The quantitative estimate of drug-likeness (QED) is 0.423. The van der Waals surface area contributed by atoms with E-state index in [1.54, 1.807) is 0 Å². The smallest absolute Gasteiger partial charge is 0.321 e. The number of alkyl halides is 1. The first-order valence-electron chi connectivity index (χ1n) is 8.21. The molecule has 4 unspecified atom stereocenters. The van der Waals surface area contributed by atoms with E-state index in [9.17, 15) is 9.90 Å². The molecule has 0 aromatic heterocycles. The molecule has 2 saturated carbocycles. The van der Waals surface area contributed by atoms with E-state index in [0.717, 1.165) is 25.7 Å². The highest BCUT2D eigenvalue weighted by atomic mass is 127. The van der Waals surface area contributed by atoms with E-state index in [0.29, 0.717) is 12.5 Å². The second kappa shape index (κ2) is 6.34. The van der Waals surface area contributed by atoms with Crippen molar-refractivity contribution in [2.45, 2.75) is 69.1 Å². The molecular formula is C17H29IO3. The average molecular weight is 408 g/mol. The lowest BCUT2D eigenvalue weighted by molar-refractivity contribution is -0.154. The van der Waals surface area contributed by atoms with Crippen LogP contribution < -0.4 is 0 Å². The summed E-state index contributed by atoms with van der Waals surface area (Å²) < 4.78 is 5.30. The molecule has 2 rings (SSSR count). The van der Waals surface area contributed by atoms with E-state index in [2.05, 4.69) is 29.5 Å². The molecule has 122 valence electrons. The van der Waals surface area contributed by atoms with Crippen molar-refractivity contribution in [1.29, 1.82) is 0 Å². The normalized spacial score (nSPS) is 38.6. The molecule has 0 heterocycles. The Kier molecular flexibility index (Phi) is 5.29. The summed E-state index contributed by atoms with van der Waals surface area (Å²) in [6.45, 7) is 6.94. The third kappa shape index (κ3) is 3.92. The number of esters is 1. The molecule has 2 aliphatic rings. The standard InChI is InChI=1S/C17H29IO3/c1-4-16(3,18)14(20)21-12-17-7-5-6-13(9-17)8-15(2,10-17)11-19/h13,19H,4-12H2,1-3H3. The molecular weight excluding hydrogens is 379 g/mol. The van der Waals surface area contributed by atoms with Crippen molar-refractivity contribution in [3.05, 3.63) is 0 Å². The number of rotatable bonds is 5. The van der Waals surface area contributed by atoms with Crippen LogP contribution in [0, 0.1) is 16.7 Å². The van der Waals surface area contributed by atoms with Gasteiger partial charge < -0.3 is 9.84 Å². The molecule has 4 heteroatoms. The molecule has 0 aliphatic heterocycles. The van der Waals surface area contributed by atoms with Gasteiger partial charge in [0.1, 0.15) is 3.42 Å². The first-order chi connectivity index (χ1) is 9.74. The van der Waals surface area contributed by atoms with Gasteiger partial charge in [-0.25, -0.2) is 0 Å². The van der Waals surface area contributed by atoms with Gasteiger partial charge in [0.15, 0.2) is 0 Å². The number of ether oxygens (including phenoxy) is 1. The number of fused-ring (bicyclic) bond motifs is 2. The monoisotopic (exact) mass is 408 g/mol. The molecule has 21 heavy (non-hydrogen) atoms. The average Bonchev–Trinajstić information content (AvgIpc) is 2.44. The Labute approximate surface area is 142 Å². The van der Waals surface area contributed by atoms with E-state index >= 15 is 0 Å². The van der Waals surface area contributed by atoms with Crippen molar-refractivity contribution in [2.75, 3.05) is 13.2 Å². The molecule has 0 radical (unpaired) electrons. The van der Waals surface area contributed by atoms with Crippen LogP contribution in [0.3, 0.4) is 0 Å². The van der Waals surface area contributed by atoms with Crippen molar-refractivity contribution < 1.29 is 14.6 Å². The van der Waals surface area contributed by atoms with Crippen molar-refractivity contribution in [3.8, 4) is 0 Å². The zero-order valence-electron chi connectivity index (χ0n) is 13.6. The molecule has 0 aromatic carbocycles. The number of aliphatic hydroxyl groups is 1. The van der Waals surface area contributed by atoms with Gasteiger partial charge in [-0.1, -0.05) is 49.3 Å². The Morgan fingerprint density at radius 3 is 2.81 bits per heavy atom. The summed E-state index contributed by atoms with van der Waals surface area (Å²) in [7, 11) is 0. The molecule has 0 saturated heterocycles. The Morgan fingerprint density at radius 2 is 2.19 bits per heavy atom. The van der Waals surface area contributed by atoms with Gasteiger partial charge in [-0.2, -0.15) is 0 Å². The Balaban J connectivity index is 2.04. The van der Waals surface area contributed by atoms with Gasteiger partial charge in [0.25, 0.3) is 0 Å². The summed E-state index contributed by atoms with van der Waals surface area (Å²) in [4.78, 5) is 12.2. The summed E-state index contributed by atoms with van der Waals surface area (Å²) in [5, 5.41) is 9.76. The summed E-state index contributed by atoms with van der Waals surface area (Å²) in [6.07, 6.45) is 7.71. The maximum absolute atomic E-state index is 12.2. The topological polar surface area (TPSA) is 46.5 Å². The van der Waals surface area contributed by atoms with Crippen molar-refractivity contribution in [3.63, 3.8) is 0 Å². The van der Waals surface area contributed by atoms with E-state index in [-0.39, 0.29) is 23.4 Å². The van der Waals surface area contributed by atoms with E-state index < -0.39 is 3.42 Å². The van der Waals surface area contributed by atoms with Crippen LogP contribution >= 0.6 is 22.6 Å². The van der Waals surface area contributed by atoms with Crippen LogP contribution in [-0.2, 0) is 9.53 Å². The predicted octanol–water partition coefficient (Wildman–Crippen LogP) is 4.10. The van der Waals surface area contributed by atoms with Crippen LogP contribution in [0.5, 0.6) is 0 Å². The third-order valence-corrected chi connectivity index (χ3v) is 6.81. The first kappa shape index (κ1) is 17.5. The maximum Gasteiger partial charge on any atom is 0.321 e. The largest absolute Gasteiger partial charge is 0.464 e. The Bertz CT molecular complexity index is 395. The highest BCUT2D eigenvalue weighted by Crippen LogP contribution is 2.55. The fraction of sp³-hybridized carbons (Fsp3) is 0.941. The van der Waals surface area contributed by atoms with E-state index in [1.165, 1.54) is 19.3 Å². The molecule has 2 fully saturated rings. The second-order valence-electron chi connectivity index (χ2n) is 7.94. The van der Waals surface area contributed by atoms with Gasteiger partial charge in [-0.05, 0) is 50.4 Å². The number of aliphatic hydroxyl groups excluding tert-OH is 1. The second-order valence-corrected chi connectivity index (χ2v) is 10.3. The van der Waals surface area contributed by atoms with Crippen LogP contribution in [0.25, 0.3) is 0 Å². The molecule has 2 aliphatic carbocycles. The SMILES string of the molecule is CCC(C)(I)C(=O)OCC12CCCC(CC(C)(CO)C1)C2. The van der Waals surface area contributed by atoms with Gasteiger partial charge in [0.05, 0.1) is 6.61 Å². The fourth-order valence-corrected chi connectivity index (χ4v) is 4.56. The third-order valence-electron chi connectivity index (χ3n) is 5.61. The lowest BCUT2D eigenvalue weighted by Crippen LogP contribution is -2.46. The van der Waals surface area contributed by atoms with Crippen LogP contribution in [0.1, 0.15) is 65.7 Å². The van der Waals surface area contributed by atoms with Crippen LogP contribution in [0.15, 0.2) is 0 Å². The highest BCUT2D eigenvalue weighted by molar-refractivity contribution is 14.1. The number of halogens is 1. The molecule has 4 atom stereocenters.